The molecular formula is C40H41N3. The molecule has 0 radical (unpaired) electrons. The number of pyridine rings is 2. The van der Waals surface area contributed by atoms with Crippen LogP contribution in [0.4, 0.5) is 0 Å². The Kier molecular flexibility index (Phi) is 6.54. The lowest BCUT2D eigenvalue weighted by Gasteiger charge is -2.19. The lowest BCUT2D eigenvalue weighted by Crippen LogP contribution is -2.01. The Morgan fingerprint density at radius 3 is 1.16 bits per heavy atom. The molecule has 4 heterocycles. The Morgan fingerprint density at radius 1 is 0.465 bits per heavy atom. The van der Waals surface area contributed by atoms with E-state index in [-0.39, 0.29) is 0 Å². The molecule has 4 aromatic heterocycles. The van der Waals surface area contributed by atoms with Crippen LogP contribution in [0.2, 0.25) is 0 Å². The number of para-hydroxylation sites is 1. The van der Waals surface area contributed by atoms with E-state index in [1.807, 2.05) is 0 Å². The van der Waals surface area contributed by atoms with Crippen molar-refractivity contribution >= 4 is 38.1 Å². The highest BCUT2D eigenvalue weighted by Gasteiger charge is 2.23. The Bertz CT molecular complexity index is 1940. The van der Waals surface area contributed by atoms with Gasteiger partial charge < -0.3 is 4.40 Å². The van der Waals surface area contributed by atoms with Gasteiger partial charge in [-0.1, -0.05) is 110 Å². The van der Waals surface area contributed by atoms with Crippen LogP contribution in [0.25, 0.3) is 60.6 Å². The maximum atomic E-state index is 5.15. The molecule has 3 aromatic carbocycles. The van der Waals surface area contributed by atoms with Crippen molar-refractivity contribution in [1.29, 1.82) is 0 Å². The summed E-state index contributed by atoms with van der Waals surface area (Å²) in [5.74, 6) is 1.67. The van der Waals surface area contributed by atoms with E-state index in [0.717, 1.165) is 22.4 Å². The first-order valence-electron chi connectivity index (χ1n) is 15.9. The average molecular weight is 564 g/mol. The van der Waals surface area contributed by atoms with Gasteiger partial charge in [0.1, 0.15) is 0 Å². The van der Waals surface area contributed by atoms with Crippen LogP contribution < -0.4 is 0 Å². The summed E-state index contributed by atoms with van der Waals surface area (Å²) in [6.07, 6.45) is 4.17. The Morgan fingerprint density at radius 2 is 0.814 bits per heavy atom. The number of fused-ring (bicyclic) bond motifs is 6. The van der Waals surface area contributed by atoms with Crippen molar-refractivity contribution in [2.45, 2.75) is 79.1 Å². The fraction of sp³-hybridized carbons (Fsp3) is 0.300. The molecule has 0 spiro atoms. The Hall–Kier alpha value is -4.24. The highest BCUT2D eigenvalue weighted by atomic mass is 14.9. The van der Waals surface area contributed by atoms with E-state index in [1.54, 1.807) is 0 Å². The Balaban J connectivity index is 1.50. The number of aromatic nitrogens is 3. The zero-order valence-corrected chi connectivity index (χ0v) is 26.7. The molecule has 216 valence electrons. The summed E-state index contributed by atoms with van der Waals surface area (Å²) in [7, 11) is 0. The summed E-state index contributed by atoms with van der Waals surface area (Å²) >= 11 is 0. The molecule has 3 heteroatoms. The fourth-order valence-corrected chi connectivity index (χ4v) is 7.24. The van der Waals surface area contributed by atoms with Gasteiger partial charge in [-0.25, -0.2) is 0 Å². The van der Waals surface area contributed by atoms with Crippen molar-refractivity contribution in [2.24, 2.45) is 0 Å². The van der Waals surface area contributed by atoms with E-state index in [0.29, 0.717) is 23.7 Å². The summed E-state index contributed by atoms with van der Waals surface area (Å²) in [5.41, 5.74) is 13.7. The van der Waals surface area contributed by atoms with Gasteiger partial charge in [-0.05, 0) is 58.1 Å². The van der Waals surface area contributed by atoms with E-state index >= 15 is 0 Å². The molecule has 3 nitrogen and oxygen atoms in total. The van der Waals surface area contributed by atoms with Crippen LogP contribution in [0.15, 0.2) is 79.1 Å². The number of rotatable bonds is 6. The first-order chi connectivity index (χ1) is 20.7. The SMILES string of the molecule is CC(C)c1cccc(C(C)C)c1-c1cc2c3cccc4c5cc(-c6c(C(C)C)cccc6C(C)C)ncc5n(c2cn1)c34. The van der Waals surface area contributed by atoms with Crippen LogP contribution in [-0.2, 0) is 0 Å². The molecule has 0 amide bonds. The van der Waals surface area contributed by atoms with Gasteiger partial charge in [0.25, 0.3) is 0 Å². The first-order valence-corrected chi connectivity index (χ1v) is 15.9. The van der Waals surface area contributed by atoms with E-state index in [9.17, 15) is 0 Å². The molecule has 0 aliphatic heterocycles. The third-order valence-corrected chi connectivity index (χ3v) is 9.35. The van der Waals surface area contributed by atoms with Crippen LogP contribution in [-0.4, -0.2) is 14.4 Å². The largest absolute Gasteiger partial charge is 0.305 e. The maximum Gasteiger partial charge on any atom is 0.0726 e. The minimum Gasteiger partial charge on any atom is -0.305 e. The molecule has 0 aliphatic rings. The minimum atomic E-state index is 0.419. The minimum absolute atomic E-state index is 0.419. The Labute approximate surface area is 255 Å². The lowest BCUT2D eigenvalue weighted by molar-refractivity contribution is 0.836. The summed E-state index contributed by atoms with van der Waals surface area (Å²) in [4.78, 5) is 10.3. The highest BCUT2D eigenvalue weighted by Crippen LogP contribution is 2.43. The van der Waals surface area contributed by atoms with E-state index in [1.165, 1.54) is 60.4 Å². The van der Waals surface area contributed by atoms with Gasteiger partial charge >= 0.3 is 0 Å². The molecule has 0 aliphatic carbocycles. The molecule has 0 atom stereocenters. The second-order valence-electron chi connectivity index (χ2n) is 13.5. The van der Waals surface area contributed by atoms with Crippen molar-refractivity contribution in [3.63, 3.8) is 0 Å². The second kappa shape index (κ2) is 10.2. The zero-order valence-electron chi connectivity index (χ0n) is 26.7. The molecule has 7 aromatic rings. The van der Waals surface area contributed by atoms with Gasteiger partial charge in [0.05, 0.1) is 40.3 Å². The summed E-state index contributed by atoms with van der Waals surface area (Å²) < 4.78 is 2.39. The van der Waals surface area contributed by atoms with Gasteiger partial charge in [-0.2, -0.15) is 0 Å². The molecule has 0 bridgehead atoms. The molecule has 7 rings (SSSR count). The zero-order chi connectivity index (χ0) is 30.2. The summed E-state index contributed by atoms with van der Waals surface area (Å²) in [5, 5.41) is 5.04. The average Bonchev–Trinajstić information content (AvgIpc) is 3.51. The van der Waals surface area contributed by atoms with Gasteiger partial charge in [0.15, 0.2) is 0 Å². The highest BCUT2D eigenvalue weighted by molar-refractivity contribution is 6.23. The molecule has 43 heavy (non-hydrogen) atoms. The van der Waals surface area contributed by atoms with Crippen molar-refractivity contribution in [2.75, 3.05) is 0 Å². The van der Waals surface area contributed by atoms with E-state index in [4.69, 9.17) is 9.97 Å². The topological polar surface area (TPSA) is 30.2 Å². The van der Waals surface area contributed by atoms with Gasteiger partial charge in [-0.3, -0.25) is 9.97 Å². The maximum absolute atomic E-state index is 5.15. The molecule has 0 N–H and O–H groups in total. The number of hydrogen-bond donors (Lipinski definition) is 0. The summed E-state index contributed by atoms with van der Waals surface area (Å²) in [6, 6.07) is 24.9. The molecule has 0 saturated heterocycles. The summed E-state index contributed by atoms with van der Waals surface area (Å²) in [6.45, 7) is 18.2. The van der Waals surface area contributed by atoms with Crippen LogP contribution in [0.1, 0.15) is 101 Å². The normalized spacial score (nSPS) is 12.6. The predicted octanol–water partition coefficient (Wildman–Crippen LogP) is 11.5. The molecule has 0 fully saturated rings. The van der Waals surface area contributed by atoms with E-state index in [2.05, 4.69) is 139 Å². The number of benzene rings is 3. The van der Waals surface area contributed by atoms with Crippen molar-refractivity contribution in [3.05, 3.63) is 101 Å². The van der Waals surface area contributed by atoms with Crippen molar-refractivity contribution < 1.29 is 0 Å². The smallest absolute Gasteiger partial charge is 0.0726 e. The third kappa shape index (κ3) is 4.16. The van der Waals surface area contributed by atoms with E-state index < -0.39 is 0 Å². The van der Waals surface area contributed by atoms with Gasteiger partial charge in [0.2, 0.25) is 0 Å². The third-order valence-electron chi connectivity index (χ3n) is 9.35. The molecule has 0 unspecified atom stereocenters. The monoisotopic (exact) mass is 563 g/mol. The number of nitrogens with zero attached hydrogens (tertiary/aromatic N) is 3. The van der Waals surface area contributed by atoms with Gasteiger partial charge in [0, 0.05) is 32.7 Å². The molecular weight excluding hydrogens is 522 g/mol. The number of hydrogen-bond acceptors (Lipinski definition) is 2. The second-order valence-corrected chi connectivity index (χ2v) is 13.5. The predicted molar refractivity (Wildman–Crippen MR) is 184 cm³/mol. The quantitative estimate of drug-likeness (QED) is 0.201. The van der Waals surface area contributed by atoms with Crippen LogP contribution in [0.3, 0.4) is 0 Å². The fourth-order valence-electron chi connectivity index (χ4n) is 7.24. The van der Waals surface area contributed by atoms with Crippen molar-refractivity contribution in [3.8, 4) is 22.5 Å². The van der Waals surface area contributed by atoms with Crippen molar-refractivity contribution in [1.82, 2.24) is 14.4 Å². The van der Waals surface area contributed by atoms with Crippen LogP contribution in [0.5, 0.6) is 0 Å². The lowest BCUT2D eigenvalue weighted by atomic mass is 9.86. The van der Waals surface area contributed by atoms with Crippen LogP contribution in [0, 0.1) is 0 Å². The standard InChI is InChI=1S/C40H41N3/c1-22(2)26-12-9-13-27(23(3)4)38(26)34-18-32-30-16-11-17-31-33-19-35(39-28(24(5)6)14-10-15-29(39)25(7)8)42-21-37(33)43(40(30)31)36(32)20-41-34/h9-25H,1-8H3. The van der Waals surface area contributed by atoms with Crippen LogP contribution >= 0.6 is 0 Å². The van der Waals surface area contributed by atoms with Gasteiger partial charge in [-0.15, -0.1) is 0 Å². The first kappa shape index (κ1) is 27.6. The molecule has 0 saturated carbocycles.